The average molecular weight is 342 g/mol. The monoisotopic (exact) mass is 342 g/mol. The fraction of sp³-hybridized carbons (Fsp3) is 0.300. The number of ketones is 1. The molecule has 1 atom stereocenters. The van der Waals surface area contributed by atoms with E-state index >= 15 is 0 Å². The second kappa shape index (κ2) is 8.44. The minimum absolute atomic E-state index is 0.208. The predicted octanol–water partition coefficient (Wildman–Crippen LogP) is 3.00. The SMILES string of the molecule is C=C(C)C(=O)OCCCOc1ccccc1C(=O)C1(O)C=CC=CC1. The quantitative estimate of drug-likeness (QED) is 0.340. The molecule has 0 saturated carbocycles. The summed E-state index contributed by atoms with van der Waals surface area (Å²) < 4.78 is 10.6. The Morgan fingerprint density at radius 2 is 2.00 bits per heavy atom. The number of Topliss-reactive ketones (excluding diaryl/α,β-unsaturated/α-hetero) is 1. The van der Waals surface area contributed by atoms with Gasteiger partial charge in [-0.15, -0.1) is 0 Å². The van der Waals surface area contributed by atoms with Crippen LogP contribution in [0.15, 0.2) is 60.7 Å². The molecule has 0 aliphatic heterocycles. The Hall–Kier alpha value is -2.66. The van der Waals surface area contributed by atoms with E-state index in [0.717, 1.165) is 0 Å². The van der Waals surface area contributed by atoms with Crippen LogP contribution >= 0.6 is 0 Å². The Kier molecular flexibility index (Phi) is 6.31. The number of allylic oxidation sites excluding steroid dienone is 2. The lowest BCUT2D eigenvalue weighted by atomic mass is 9.87. The van der Waals surface area contributed by atoms with Crippen LogP contribution in [0.3, 0.4) is 0 Å². The zero-order chi connectivity index (χ0) is 18.3. The number of hydrogen-bond donors (Lipinski definition) is 1. The number of carbonyl (C=O) groups excluding carboxylic acids is 2. The maximum atomic E-state index is 12.7. The highest BCUT2D eigenvalue weighted by molar-refractivity contribution is 6.06. The van der Waals surface area contributed by atoms with Gasteiger partial charge in [0.1, 0.15) is 11.4 Å². The molecule has 1 aromatic rings. The summed E-state index contributed by atoms with van der Waals surface area (Å²) in [6, 6.07) is 6.79. The van der Waals surface area contributed by atoms with Crippen molar-refractivity contribution in [1.82, 2.24) is 0 Å². The van der Waals surface area contributed by atoms with Crippen molar-refractivity contribution in [2.45, 2.75) is 25.4 Å². The minimum Gasteiger partial charge on any atom is -0.493 e. The number of aliphatic hydroxyl groups is 1. The van der Waals surface area contributed by atoms with E-state index in [1.807, 2.05) is 0 Å². The van der Waals surface area contributed by atoms with Gasteiger partial charge in [-0.1, -0.05) is 36.9 Å². The van der Waals surface area contributed by atoms with Gasteiger partial charge < -0.3 is 14.6 Å². The third-order valence-corrected chi connectivity index (χ3v) is 3.70. The van der Waals surface area contributed by atoms with Gasteiger partial charge >= 0.3 is 5.97 Å². The highest BCUT2D eigenvalue weighted by atomic mass is 16.5. The van der Waals surface area contributed by atoms with Crippen LogP contribution in [0.2, 0.25) is 0 Å². The predicted molar refractivity (Wildman–Crippen MR) is 94.5 cm³/mol. The van der Waals surface area contributed by atoms with Crippen molar-refractivity contribution < 1.29 is 24.2 Å². The standard InChI is InChI=1S/C20H22O5/c1-15(2)19(22)25-14-8-13-24-17-10-5-4-9-16(17)18(21)20(23)11-6-3-7-12-20/h3-7,9-11,23H,1,8,12-14H2,2H3. The summed E-state index contributed by atoms with van der Waals surface area (Å²) in [5.41, 5.74) is -0.880. The molecule has 1 aliphatic carbocycles. The fourth-order valence-corrected chi connectivity index (χ4v) is 2.32. The summed E-state index contributed by atoms with van der Waals surface area (Å²) in [7, 11) is 0. The fourth-order valence-electron chi connectivity index (χ4n) is 2.32. The topological polar surface area (TPSA) is 72.8 Å². The van der Waals surface area contributed by atoms with Crippen molar-refractivity contribution in [3.05, 3.63) is 66.3 Å². The summed E-state index contributed by atoms with van der Waals surface area (Å²) >= 11 is 0. The zero-order valence-electron chi connectivity index (χ0n) is 14.2. The molecule has 0 radical (unpaired) electrons. The molecule has 0 saturated heterocycles. The molecule has 0 spiro atoms. The van der Waals surface area contributed by atoms with Crippen LogP contribution < -0.4 is 4.74 Å². The van der Waals surface area contributed by atoms with Crippen molar-refractivity contribution in [2.75, 3.05) is 13.2 Å². The van der Waals surface area contributed by atoms with Crippen molar-refractivity contribution in [3.63, 3.8) is 0 Å². The van der Waals surface area contributed by atoms with E-state index in [2.05, 4.69) is 6.58 Å². The molecule has 0 bridgehead atoms. The van der Waals surface area contributed by atoms with Gasteiger partial charge in [-0.05, 0) is 25.1 Å². The van der Waals surface area contributed by atoms with Gasteiger partial charge in [0.2, 0.25) is 5.78 Å². The molecule has 0 aromatic heterocycles. The maximum Gasteiger partial charge on any atom is 0.333 e. The largest absolute Gasteiger partial charge is 0.493 e. The Balaban J connectivity index is 1.95. The molecule has 2 rings (SSSR count). The van der Waals surface area contributed by atoms with Crippen LogP contribution in [0.5, 0.6) is 5.75 Å². The lowest BCUT2D eigenvalue weighted by molar-refractivity contribution is -0.139. The van der Waals surface area contributed by atoms with E-state index in [-0.39, 0.29) is 19.6 Å². The molecular formula is C20H22O5. The first kappa shape index (κ1) is 18.7. The van der Waals surface area contributed by atoms with Crippen LogP contribution in [0.4, 0.5) is 0 Å². The molecule has 1 aliphatic rings. The van der Waals surface area contributed by atoms with Gasteiger partial charge in [-0.3, -0.25) is 4.79 Å². The summed E-state index contributed by atoms with van der Waals surface area (Å²) in [5.74, 6) is -0.442. The number of hydrogen-bond acceptors (Lipinski definition) is 5. The van der Waals surface area contributed by atoms with Crippen LogP contribution in [0.25, 0.3) is 0 Å². The number of esters is 1. The van der Waals surface area contributed by atoms with Gasteiger partial charge in [-0.25, -0.2) is 4.79 Å². The number of para-hydroxylation sites is 1. The van der Waals surface area contributed by atoms with Gasteiger partial charge in [0.05, 0.1) is 18.8 Å². The van der Waals surface area contributed by atoms with Crippen LogP contribution in [0, 0.1) is 0 Å². The first-order valence-corrected chi connectivity index (χ1v) is 8.10. The molecule has 1 aromatic carbocycles. The average Bonchev–Trinajstić information content (AvgIpc) is 2.61. The second-order valence-corrected chi connectivity index (χ2v) is 5.86. The molecular weight excluding hydrogens is 320 g/mol. The lowest BCUT2D eigenvalue weighted by Crippen LogP contribution is -2.37. The van der Waals surface area contributed by atoms with Crippen molar-refractivity contribution in [1.29, 1.82) is 0 Å². The maximum absolute atomic E-state index is 12.7. The van der Waals surface area contributed by atoms with Gasteiger partial charge in [0.25, 0.3) is 0 Å². The molecule has 1 unspecified atom stereocenters. The number of rotatable bonds is 8. The van der Waals surface area contributed by atoms with E-state index in [1.54, 1.807) is 49.4 Å². The van der Waals surface area contributed by atoms with Crippen molar-refractivity contribution in [2.24, 2.45) is 0 Å². The van der Waals surface area contributed by atoms with Crippen LogP contribution in [-0.2, 0) is 9.53 Å². The molecule has 1 N–H and O–H groups in total. The third kappa shape index (κ3) is 4.90. The Labute approximate surface area is 147 Å². The van der Waals surface area contributed by atoms with E-state index in [0.29, 0.717) is 23.3 Å². The zero-order valence-corrected chi connectivity index (χ0v) is 14.2. The third-order valence-electron chi connectivity index (χ3n) is 3.70. The van der Waals surface area contributed by atoms with Gasteiger partial charge in [0, 0.05) is 18.4 Å². The normalized spacial score (nSPS) is 18.6. The molecule has 5 nitrogen and oxygen atoms in total. The second-order valence-electron chi connectivity index (χ2n) is 5.86. The lowest BCUT2D eigenvalue weighted by Gasteiger charge is -2.24. The summed E-state index contributed by atoms with van der Waals surface area (Å²) in [6.45, 7) is 5.58. The Morgan fingerprint density at radius 3 is 2.68 bits per heavy atom. The molecule has 0 heterocycles. The summed E-state index contributed by atoms with van der Waals surface area (Å²) in [4.78, 5) is 24.0. The first-order chi connectivity index (χ1) is 11.9. The van der Waals surface area contributed by atoms with E-state index in [1.165, 1.54) is 6.08 Å². The van der Waals surface area contributed by atoms with Gasteiger partial charge in [-0.2, -0.15) is 0 Å². The highest BCUT2D eigenvalue weighted by Crippen LogP contribution is 2.28. The molecule has 132 valence electrons. The molecule has 0 amide bonds. The highest BCUT2D eigenvalue weighted by Gasteiger charge is 2.35. The number of ether oxygens (including phenoxy) is 2. The number of benzene rings is 1. The first-order valence-electron chi connectivity index (χ1n) is 8.10. The summed E-state index contributed by atoms with van der Waals surface area (Å²) in [6.07, 6.45) is 7.39. The Morgan fingerprint density at radius 1 is 1.24 bits per heavy atom. The summed E-state index contributed by atoms with van der Waals surface area (Å²) in [5, 5.41) is 10.5. The van der Waals surface area contributed by atoms with Gasteiger partial charge in [0.15, 0.2) is 0 Å². The van der Waals surface area contributed by atoms with Crippen molar-refractivity contribution >= 4 is 11.8 Å². The van der Waals surface area contributed by atoms with Crippen molar-refractivity contribution in [3.8, 4) is 5.75 Å². The molecule has 5 heteroatoms. The number of carbonyl (C=O) groups is 2. The van der Waals surface area contributed by atoms with E-state index in [4.69, 9.17) is 9.47 Å². The van der Waals surface area contributed by atoms with Crippen LogP contribution in [-0.4, -0.2) is 35.7 Å². The Bertz CT molecular complexity index is 717. The minimum atomic E-state index is -1.55. The van der Waals surface area contributed by atoms with E-state index < -0.39 is 17.4 Å². The molecule has 25 heavy (non-hydrogen) atoms. The smallest absolute Gasteiger partial charge is 0.333 e. The molecule has 0 fully saturated rings. The van der Waals surface area contributed by atoms with E-state index in [9.17, 15) is 14.7 Å². The van der Waals surface area contributed by atoms with Crippen LogP contribution in [0.1, 0.15) is 30.1 Å².